The highest BCUT2D eigenvalue weighted by Gasteiger charge is 2.45. The molecular formula is C16H14N2O6. The van der Waals surface area contributed by atoms with Gasteiger partial charge in [-0.1, -0.05) is 12.1 Å². The molecule has 124 valence electrons. The number of nitrogens with zero attached hydrogens (tertiary/aromatic N) is 2. The van der Waals surface area contributed by atoms with Gasteiger partial charge in [-0.15, -0.1) is 0 Å². The maximum atomic E-state index is 12.3. The number of barbiturate groups is 1. The van der Waals surface area contributed by atoms with Gasteiger partial charge in [-0.25, -0.2) is 4.79 Å². The fourth-order valence-corrected chi connectivity index (χ4v) is 2.44. The number of carbonyl (C=O) groups excluding carboxylic acids is 4. The van der Waals surface area contributed by atoms with Gasteiger partial charge in [0.05, 0.1) is 0 Å². The predicted octanol–water partition coefficient (Wildman–Crippen LogP) is 0.664. The number of hydrogen-bond acceptors (Lipinski definition) is 6. The van der Waals surface area contributed by atoms with E-state index in [1.54, 1.807) is 18.2 Å². The van der Waals surface area contributed by atoms with Gasteiger partial charge in [0, 0.05) is 14.1 Å². The van der Waals surface area contributed by atoms with Crippen molar-refractivity contribution in [1.82, 2.24) is 9.80 Å². The number of fused-ring (bicyclic) bond motifs is 1. The number of imide groups is 2. The molecular weight excluding hydrogens is 316 g/mol. The highest BCUT2D eigenvalue weighted by atomic mass is 16.7. The van der Waals surface area contributed by atoms with E-state index in [4.69, 9.17) is 9.47 Å². The van der Waals surface area contributed by atoms with Gasteiger partial charge in [-0.3, -0.25) is 24.2 Å². The second kappa shape index (κ2) is 5.80. The minimum atomic E-state index is -1.54. The number of urea groups is 1. The van der Waals surface area contributed by atoms with Crippen LogP contribution in [0.4, 0.5) is 4.79 Å². The van der Waals surface area contributed by atoms with Gasteiger partial charge >= 0.3 is 6.03 Å². The van der Waals surface area contributed by atoms with Crippen LogP contribution in [0.1, 0.15) is 5.56 Å². The van der Waals surface area contributed by atoms with Crippen molar-refractivity contribution in [2.45, 2.75) is 0 Å². The fourth-order valence-electron chi connectivity index (χ4n) is 2.44. The van der Waals surface area contributed by atoms with Crippen LogP contribution in [0.15, 0.2) is 24.3 Å². The first kappa shape index (κ1) is 15.7. The first-order valence-corrected chi connectivity index (χ1v) is 7.11. The van der Waals surface area contributed by atoms with Crippen LogP contribution in [0.3, 0.4) is 0 Å². The van der Waals surface area contributed by atoms with Crippen molar-refractivity contribution in [2.75, 3.05) is 20.9 Å². The van der Waals surface area contributed by atoms with E-state index < -0.39 is 29.5 Å². The number of amides is 4. The van der Waals surface area contributed by atoms with Crippen molar-refractivity contribution in [3.63, 3.8) is 0 Å². The first-order chi connectivity index (χ1) is 11.4. The average Bonchev–Trinajstić information content (AvgIpc) is 3.04. The van der Waals surface area contributed by atoms with Gasteiger partial charge in [-0.05, 0) is 23.8 Å². The Kier molecular flexibility index (Phi) is 3.80. The summed E-state index contributed by atoms with van der Waals surface area (Å²) in [4.78, 5) is 49.6. The first-order valence-electron chi connectivity index (χ1n) is 7.11. The van der Waals surface area contributed by atoms with Gasteiger partial charge in [0.1, 0.15) is 0 Å². The maximum Gasteiger partial charge on any atom is 0.332 e. The SMILES string of the molecule is CN1C(=O)C(C(=O)/C=C/c2ccc3c(c2)OCO3)C(=O)N(C)C1=O. The van der Waals surface area contributed by atoms with Crippen LogP contribution in [0, 0.1) is 5.92 Å². The molecule has 2 aliphatic rings. The van der Waals surface area contributed by atoms with Crippen molar-refractivity contribution in [3.8, 4) is 11.5 Å². The lowest BCUT2D eigenvalue weighted by atomic mass is 9.98. The molecule has 8 nitrogen and oxygen atoms in total. The van der Waals surface area contributed by atoms with Crippen molar-refractivity contribution in [3.05, 3.63) is 29.8 Å². The molecule has 3 rings (SSSR count). The van der Waals surface area contributed by atoms with Gasteiger partial charge < -0.3 is 9.47 Å². The summed E-state index contributed by atoms with van der Waals surface area (Å²) in [5.74, 6) is -2.72. The summed E-state index contributed by atoms with van der Waals surface area (Å²) >= 11 is 0. The molecule has 2 aliphatic heterocycles. The van der Waals surface area contributed by atoms with E-state index in [0.29, 0.717) is 17.1 Å². The molecule has 1 aromatic rings. The Morgan fingerprint density at radius 1 is 1.08 bits per heavy atom. The monoisotopic (exact) mass is 330 g/mol. The Balaban J connectivity index is 1.80. The van der Waals surface area contributed by atoms with Crippen molar-refractivity contribution >= 4 is 29.7 Å². The van der Waals surface area contributed by atoms with Crippen LogP contribution < -0.4 is 9.47 Å². The molecule has 0 aromatic heterocycles. The quantitative estimate of drug-likeness (QED) is 0.597. The summed E-state index contributed by atoms with van der Waals surface area (Å²) in [5.41, 5.74) is 0.654. The Labute approximate surface area is 137 Å². The lowest BCUT2D eigenvalue weighted by Crippen LogP contribution is -2.58. The van der Waals surface area contributed by atoms with Crippen molar-refractivity contribution in [2.24, 2.45) is 5.92 Å². The highest BCUT2D eigenvalue weighted by Crippen LogP contribution is 2.32. The summed E-state index contributed by atoms with van der Waals surface area (Å²) in [5, 5.41) is 0. The molecule has 2 heterocycles. The minimum absolute atomic E-state index is 0.138. The summed E-state index contributed by atoms with van der Waals surface area (Å²) in [6, 6.07) is 4.33. The molecule has 1 saturated heterocycles. The van der Waals surface area contributed by atoms with Crippen molar-refractivity contribution in [1.29, 1.82) is 0 Å². The van der Waals surface area contributed by atoms with Crippen molar-refractivity contribution < 1.29 is 28.7 Å². The lowest BCUT2D eigenvalue weighted by Gasteiger charge is -2.31. The second-order valence-corrected chi connectivity index (χ2v) is 5.36. The summed E-state index contributed by atoms with van der Waals surface area (Å²) in [6.07, 6.45) is 2.62. The van der Waals surface area contributed by atoms with Crippen LogP contribution in [0.5, 0.6) is 11.5 Å². The Bertz CT molecular complexity index is 761. The highest BCUT2D eigenvalue weighted by molar-refractivity contribution is 6.28. The molecule has 4 amide bonds. The minimum Gasteiger partial charge on any atom is -0.454 e. The van der Waals surface area contributed by atoms with Crippen LogP contribution in [-0.2, 0) is 14.4 Å². The molecule has 0 spiro atoms. The zero-order chi connectivity index (χ0) is 17.4. The molecule has 1 fully saturated rings. The van der Waals surface area contributed by atoms with Crippen LogP contribution in [0.2, 0.25) is 0 Å². The zero-order valence-electron chi connectivity index (χ0n) is 13.0. The van der Waals surface area contributed by atoms with Crippen LogP contribution in [0.25, 0.3) is 6.08 Å². The third-order valence-electron chi connectivity index (χ3n) is 3.85. The molecule has 0 aliphatic carbocycles. The molecule has 0 bridgehead atoms. The van der Waals surface area contributed by atoms with E-state index >= 15 is 0 Å². The summed E-state index contributed by atoms with van der Waals surface area (Å²) in [6.45, 7) is 0.138. The molecule has 8 heteroatoms. The molecule has 24 heavy (non-hydrogen) atoms. The third kappa shape index (κ3) is 2.51. The van der Waals surface area contributed by atoms with Gasteiger partial charge in [-0.2, -0.15) is 0 Å². The molecule has 0 unspecified atom stereocenters. The third-order valence-corrected chi connectivity index (χ3v) is 3.85. The number of ketones is 1. The molecule has 0 N–H and O–H groups in total. The number of carbonyl (C=O) groups is 4. The lowest BCUT2D eigenvalue weighted by molar-refractivity contribution is -0.150. The fraction of sp³-hybridized carbons (Fsp3) is 0.250. The summed E-state index contributed by atoms with van der Waals surface area (Å²) in [7, 11) is 2.46. The van der Waals surface area contributed by atoms with E-state index in [0.717, 1.165) is 15.9 Å². The summed E-state index contributed by atoms with van der Waals surface area (Å²) < 4.78 is 10.4. The predicted molar refractivity (Wildman–Crippen MR) is 81.0 cm³/mol. The van der Waals surface area contributed by atoms with Gasteiger partial charge in [0.25, 0.3) is 11.8 Å². The average molecular weight is 330 g/mol. The number of allylic oxidation sites excluding steroid dienone is 1. The Morgan fingerprint density at radius 3 is 2.38 bits per heavy atom. The molecule has 0 radical (unpaired) electrons. The van der Waals surface area contributed by atoms with Gasteiger partial charge in [0.2, 0.25) is 6.79 Å². The molecule has 0 atom stereocenters. The second-order valence-electron chi connectivity index (χ2n) is 5.36. The number of hydrogen-bond donors (Lipinski definition) is 0. The smallest absolute Gasteiger partial charge is 0.332 e. The number of rotatable bonds is 3. The Morgan fingerprint density at radius 2 is 1.71 bits per heavy atom. The topological polar surface area (TPSA) is 93.2 Å². The molecule has 0 saturated carbocycles. The van der Waals surface area contributed by atoms with Crippen LogP contribution >= 0.6 is 0 Å². The van der Waals surface area contributed by atoms with Gasteiger partial charge in [0.15, 0.2) is 23.2 Å². The largest absolute Gasteiger partial charge is 0.454 e. The van der Waals surface area contributed by atoms with Crippen LogP contribution in [-0.4, -0.2) is 54.3 Å². The van der Waals surface area contributed by atoms with E-state index in [1.165, 1.54) is 20.2 Å². The number of benzene rings is 1. The zero-order valence-corrected chi connectivity index (χ0v) is 13.0. The standard InChI is InChI=1S/C16H14N2O6/c1-17-14(20)13(15(21)18(2)16(17)22)10(19)5-3-9-4-6-11-12(7-9)24-8-23-11/h3-7,13H,8H2,1-2H3/b5-3+. The normalized spacial score (nSPS) is 18.0. The van der Waals surface area contributed by atoms with E-state index in [2.05, 4.69) is 0 Å². The number of ether oxygens (including phenoxy) is 2. The van der Waals surface area contributed by atoms with E-state index in [-0.39, 0.29) is 6.79 Å². The van der Waals surface area contributed by atoms with E-state index in [9.17, 15) is 19.2 Å². The van der Waals surface area contributed by atoms with E-state index in [1.807, 2.05) is 0 Å². The Hall–Kier alpha value is -3.16. The maximum absolute atomic E-state index is 12.3. The molecule has 1 aromatic carbocycles.